The van der Waals surface area contributed by atoms with Gasteiger partial charge < -0.3 is 10.2 Å². The Labute approximate surface area is 108 Å². The zero-order valence-corrected chi connectivity index (χ0v) is 10.4. The zero-order valence-electron chi connectivity index (χ0n) is 10.4. The van der Waals surface area contributed by atoms with E-state index >= 15 is 0 Å². The Kier molecular flexibility index (Phi) is 4.56. The van der Waals surface area contributed by atoms with E-state index in [1.54, 1.807) is 6.07 Å². The van der Waals surface area contributed by atoms with Crippen molar-refractivity contribution in [2.45, 2.75) is 38.1 Å². The van der Waals surface area contributed by atoms with E-state index in [1.165, 1.54) is 19.9 Å². The van der Waals surface area contributed by atoms with Gasteiger partial charge in [-0.05, 0) is 37.6 Å². The number of halogens is 3. The number of rotatable bonds is 3. The molecule has 0 heterocycles. The predicted octanol–water partition coefficient (Wildman–Crippen LogP) is 2.42. The Morgan fingerprint density at radius 3 is 2.00 bits per heavy atom. The van der Waals surface area contributed by atoms with Gasteiger partial charge in [0.1, 0.15) is 0 Å². The van der Waals surface area contributed by atoms with Gasteiger partial charge in [-0.15, -0.1) is 0 Å². The second-order valence-electron chi connectivity index (χ2n) is 4.46. The Hall–Kier alpha value is -1.58. The first-order valence-electron chi connectivity index (χ1n) is 5.65. The second-order valence-corrected chi connectivity index (χ2v) is 4.46. The molecule has 6 heteroatoms. The summed E-state index contributed by atoms with van der Waals surface area (Å²) in [5, 5.41) is 27.9. The van der Waals surface area contributed by atoms with Crippen LogP contribution in [-0.2, 0) is 6.18 Å². The van der Waals surface area contributed by atoms with E-state index in [9.17, 15) is 23.4 Å². The van der Waals surface area contributed by atoms with Gasteiger partial charge in [-0.25, -0.2) is 0 Å². The highest BCUT2D eigenvalue weighted by Gasteiger charge is 2.33. The molecule has 1 aromatic rings. The average molecular weight is 273 g/mol. The van der Waals surface area contributed by atoms with Crippen LogP contribution in [0.25, 0.3) is 0 Å². The molecule has 2 atom stereocenters. The summed E-state index contributed by atoms with van der Waals surface area (Å²) in [5.41, 5.74) is -1.03. The Balaban J connectivity index is 3.39. The molecule has 0 aliphatic heterocycles. The Morgan fingerprint density at radius 1 is 1.11 bits per heavy atom. The maximum atomic E-state index is 12.7. The molecule has 0 aliphatic rings. The lowest BCUT2D eigenvalue weighted by Gasteiger charge is -2.24. The number of nitrogens with zero attached hydrogens (tertiary/aromatic N) is 1. The van der Waals surface area contributed by atoms with Crippen LogP contribution in [0.4, 0.5) is 13.2 Å². The molecule has 0 radical (unpaired) electrons. The fraction of sp³-hybridized carbons (Fsp3) is 0.462. The number of hydrogen-bond acceptors (Lipinski definition) is 3. The molecule has 2 N–H and O–H groups in total. The molecule has 1 rings (SSSR count). The number of hydrogen-bond donors (Lipinski definition) is 2. The van der Waals surface area contributed by atoms with Crippen molar-refractivity contribution in [3.8, 4) is 6.07 Å². The Morgan fingerprint density at radius 2 is 1.63 bits per heavy atom. The highest BCUT2D eigenvalue weighted by molar-refractivity contribution is 5.40. The normalized spacial score (nSPS) is 16.5. The first-order valence-corrected chi connectivity index (χ1v) is 5.65. The lowest BCUT2D eigenvalue weighted by atomic mass is 9.87. The van der Waals surface area contributed by atoms with Crippen LogP contribution in [0.5, 0.6) is 0 Å². The number of nitriles is 1. The van der Waals surface area contributed by atoms with Gasteiger partial charge in [0.05, 0.1) is 29.4 Å². The first kappa shape index (κ1) is 15.5. The molecule has 0 saturated heterocycles. The van der Waals surface area contributed by atoms with Crippen LogP contribution >= 0.6 is 0 Å². The molecule has 104 valence electrons. The van der Waals surface area contributed by atoms with Crippen molar-refractivity contribution in [1.29, 1.82) is 5.26 Å². The van der Waals surface area contributed by atoms with Gasteiger partial charge in [0, 0.05) is 5.92 Å². The van der Waals surface area contributed by atoms with Gasteiger partial charge in [-0.2, -0.15) is 18.4 Å². The molecular weight excluding hydrogens is 259 g/mol. The number of alkyl halides is 3. The molecule has 3 nitrogen and oxygen atoms in total. The maximum Gasteiger partial charge on any atom is 0.416 e. The third kappa shape index (κ3) is 3.69. The van der Waals surface area contributed by atoms with Gasteiger partial charge >= 0.3 is 6.18 Å². The zero-order chi connectivity index (χ0) is 14.8. The van der Waals surface area contributed by atoms with Crippen molar-refractivity contribution in [2.75, 3.05) is 0 Å². The summed E-state index contributed by atoms with van der Waals surface area (Å²) in [7, 11) is 0. The van der Waals surface area contributed by atoms with E-state index in [2.05, 4.69) is 0 Å². The van der Waals surface area contributed by atoms with Gasteiger partial charge in [0.15, 0.2) is 0 Å². The minimum atomic E-state index is -4.58. The van der Waals surface area contributed by atoms with Crippen molar-refractivity contribution in [3.63, 3.8) is 0 Å². The van der Waals surface area contributed by atoms with Gasteiger partial charge in [0.25, 0.3) is 0 Å². The lowest BCUT2D eigenvalue weighted by molar-refractivity contribution is -0.137. The van der Waals surface area contributed by atoms with E-state index in [0.29, 0.717) is 0 Å². The fourth-order valence-corrected chi connectivity index (χ4v) is 2.03. The van der Waals surface area contributed by atoms with Gasteiger partial charge in [-0.1, -0.05) is 0 Å². The van der Waals surface area contributed by atoms with Crippen LogP contribution in [0.15, 0.2) is 18.2 Å². The van der Waals surface area contributed by atoms with E-state index in [-0.39, 0.29) is 11.1 Å². The van der Waals surface area contributed by atoms with E-state index in [1.807, 2.05) is 0 Å². The molecule has 0 aromatic heterocycles. The summed E-state index contributed by atoms with van der Waals surface area (Å²) in [6.07, 6.45) is -6.64. The molecule has 2 unspecified atom stereocenters. The van der Waals surface area contributed by atoms with Crippen LogP contribution in [0, 0.1) is 11.3 Å². The number of aliphatic hydroxyl groups is 2. The van der Waals surface area contributed by atoms with Crippen molar-refractivity contribution >= 4 is 0 Å². The highest BCUT2D eigenvalue weighted by Crippen LogP contribution is 2.34. The lowest BCUT2D eigenvalue weighted by Crippen LogP contribution is -2.26. The van der Waals surface area contributed by atoms with Crippen LogP contribution in [0.3, 0.4) is 0 Å². The van der Waals surface area contributed by atoms with Gasteiger partial charge in [0.2, 0.25) is 0 Å². The molecule has 0 amide bonds. The third-order valence-electron chi connectivity index (χ3n) is 2.84. The molecule has 0 fully saturated rings. The fourth-order valence-electron chi connectivity index (χ4n) is 2.03. The van der Waals surface area contributed by atoms with Gasteiger partial charge in [-0.3, -0.25) is 0 Å². The predicted molar refractivity (Wildman–Crippen MR) is 62.3 cm³/mol. The van der Waals surface area contributed by atoms with Crippen molar-refractivity contribution < 1.29 is 23.4 Å². The quantitative estimate of drug-likeness (QED) is 0.889. The summed E-state index contributed by atoms with van der Waals surface area (Å²) >= 11 is 0. The number of benzene rings is 1. The molecule has 1 aromatic carbocycles. The number of aliphatic hydroxyl groups excluding tert-OH is 2. The SMILES string of the molecule is CC(O)C(c1cc(C#N)cc(C(F)(F)F)c1)C(C)O. The van der Waals surface area contributed by atoms with E-state index in [4.69, 9.17) is 5.26 Å². The minimum Gasteiger partial charge on any atom is -0.393 e. The molecule has 0 spiro atoms. The first-order chi connectivity index (χ1) is 8.66. The molecule has 19 heavy (non-hydrogen) atoms. The van der Waals surface area contributed by atoms with E-state index < -0.39 is 29.9 Å². The van der Waals surface area contributed by atoms with Crippen LogP contribution in [0.2, 0.25) is 0 Å². The molecule has 0 bridgehead atoms. The topological polar surface area (TPSA) is 64.2 Å². The summed E-state index contributed by atoms with van der Waals surface area (Å²) in [4.78, 5) is 0. The average Bonchev–Trinajstić information content (AvgIpc) is 2.26. The van der Waals surface area contributed by atoms with Crippen LogP contribution in [-0.4, -0.2) is 22.4 Å². The minimum absolute atomic E-state index is 0.0939. The largest absolute Gasteiger partial charge is 0.416 e. The van der Waals surface area contributed by atoms with Crippen molar-refractivity contribution in [1.82, 2.24) is 0 Å². The maximum absolute atomic E-state index is 12.7. The van der Waals surface area contributed by atoms with Crippen LogP contribution < -0.4 is 0 Å². The molecule has 0 aliphatic carbocycles. The standard InChI is InChI=1S/C13H14F3NO2/c1-7(18)12(8(2)19)10-3-9(6-17)4-11(5-10)13(14,15)16/h3-5,7-8,12,18-19H,1-2H3. The monoisotopic (exact) mass is 273 g/mol. The Bertz CT molecular complexity index is 482. The summed E-state index contributed by atoms with van der Waals surface area (Å²) in [6, 6.07) is 4.49. The summed E-state index contributed by atoms with van der Waals surface area (Å²) in [6.45, 7) is 2.76. The van der Waals surface area contributed by atoms with Crippen molar-refractivity contribution in [3.05, 3.63) is 34.9 Å². The smallest absolute Gasteiger partial charge is 0.393 e. The van der Waals surface area contributed by atoms with E-state index in [0.717, 1.165) is 12.1 Å². The summed E-state index contributed by atoms with van der Waals surface area (Å²) in [5.74, 6) is -0.880. The summed E-state index contributed by atoms with van der Waals surface area (Å²) < 4.78 is 38.1. The highest BCUT2D eigenvalue weighted by atomic mass is 19.4. The van der Waals surface area contributed by atoms with Crippen LogP contribution in [0.1, 0.15) is 36.5 Å². The molecule has 0 saturated carbocycles. The second kappa shape index (κ2) is 5.59. The molecular formula is C13H14F3NO2. The third-order valence-corrected chi connectivity index (χ3v) is 2.84. The van der Waals surface area contributed by atoms with Crippen molar-refractivity contribution in [2.24, 2.45) is 0 Å².